The molecule has 2 saturated heterocycles. The van der Waals surface area contributed by atoms with Crippen LogP contribution < -0.4 is 4.72 Å². The maximum absolute atomic E-state index is 14.6. The lowest BCUT2D eigenvalue weighted by molar-refractivity contribution is 0.106. The molecule has 2 bridgehead atoms. The zero-order valence-corrected chi connectivity index (χ0v) is 26.5. The van der Waals surface area contributed by atoms with Crippen molar-refractivity contribution in [3.8, 4) is 0 Å². The van der Waals surface area contributed by atoms with E-state index in [1.54, 1.807) is 25.1 Å². The summed E-state index contributed by atoms with van der Waals surface area (Å²) < 4.78 is 91.6. The first-order valence-electron chi connectivity index (χ1n) is 14.4. The average Bonchev–Trinajstić information content (AvgIpc) is 3.23. The van der Waals surface area contributed by atoms with Crippen molar-refractivity contribution in [3.63, 3.8) is 0 Å². The number of hydrogen-bond acceptors (Lipinski definition) is 5. The molecule has 2 fully saturated rings. The molecule has 0 aromatic heterocycles. The van der Waals surface area contributed by atoms with Gasteiger partial charge in [0.15, 0.2) is 11.6 Å². The Morgan fingerprint density at radius 1 is 1.07 bits per heavy atom. The fraction of sp³-hybridized carbons (Fsp3) is 0.567. The molecule has 1 amide bonds. The van der Waals surface area contributed by atoms with E-state index in [2.05, 4.69) is 4.72 Å². The fourth-order valence-electron chi connectivity index (χ4n) is 5.81. The molecule has 4 rings (SSSR count). The smallest absolute Gasteiger partial charge is 0.409 e. The largest absolute Gasteiger partial charge is 0.445 e. The lowest BCUT2D eigenvalue weighted by Crippen LogP contribution is -2.53. The van der Waals surface area contributed by atoms with Gasteiger partial charge in [0.25, 0.3) is 0 Å². The van der Waals surface area contributed by atoms with Crippen LogP contribution in [0.5, 0.6) is 0 Å². The molecule has 43 heavy (non-hydrogen) atoms. The number of nitrogens with one attached hydrogen (secondary N) is 1. The van der Waals surface area contributed by atoms with Crippen molar-refractivity contribution in [2.75, 3.05) is 19.3 Å². The summed E-state index contributed by atoms with van der Waals surface area (Å²) in [6, 6.07) is 9.33. The molecule has 0 radical (unpaired) electrons. The number of nitrogens with zero attached hydrogens (tertiary/aromatic N) is 2. The molecule has 13 heteroatoms. The Bertz CT molecular complexity index is 1410. The van der Waals surface area contributed by atoms with Crippen LogP contribution >= 0.6 is 0 Å². The predicted octanol–water partition coefficient (Wildman–Crippen LogP) is 4.91. The van der Waals surface area contributed by atoms with E-state index in [0.29, 0.717) is 31.7 Å². The maximum atomic E-state index is 14.6. The molecule has 2 aliphatic heterocycles. The number of halogens is 3. The highest BCUT2D eigenvalue weighted by Gasteiger charge is 2.48. The summed E-state index contributed by atoms with van der Waals surface area (Å²) in [7, 11) is -3.78. The van der Waals surface area contributed by atoms with E-state index < -0.39 is 55.3 Å². The van der Waals surface area contributed by atoms with Gasteiger partial charge in [-0.15, -0.1) is 0 Å². The van der Waals surface area contributed by atoms with E-state index >= 15 is 0 Å². The van der Waals surface area contributed by atoms with E-state index in [-0.39, 0.29) is 48.9 Å². The number of rotatable bonds is 11. The lowest BCUT2D eigenvalue weighted by atomic mass is 9.83. The minimum absolute atomic E-state index is 0.0302. The van der Waals surface area contributed by atoms with Gasteiger partial charge in [0.05, 0.1) is 21.5 Å². The Kier molecular flexibility index (Phi) is 10.6. The van der Waals surface area contributed by atoms with Gasteiger partial charge in [-0.2, -0.15) is 4.31 Å². The highest BCUT2D eigenvalue weighted by molar-refractivity contribution is 7.89. The number of piperidine rings is 1. The molecule has 2 heterocycles. The second-order valence-corrected chi connectivity index (χ2v) is 16.4. The first-order valence-corrected chi connectivity index (χ1v) is 17.2. The highest BCUT2D eigenvalue weighted by atomic mass is 32.2. The van der Waals surface area contributed by atoms with Crippen LogP contribution in [0.1, 0.15) is 57.6 Å². The third-order valence-electron chi connectivity index (χ3n) is 8.14. The lowest BCUT2D eigenvalue weighted by Gasteiger charge is -2.41. The second kappa shape index (κ2) is 13.7. The van der Waals surface area contributed by atoms with Gasteiger partial charge in [-0.05, 0) is 76.0 Å². The van der Waals surface area contributed by atoms with Crippen LogP contribution in [0, 0.1) is 23.4 Å². The minimum atomic E-state index is -3.73. The number of ether oxygens (including phenoxy) is 1. The summed E-state index contributed by atoms with van der Waals surface area (Å²) in [6.45, 7) is 5.41. The number of amides is 1. The Morgan fingerprint density at radius 3 is 2.28 bits per heavy atom. The maximum Gasteiger partial charge on any atom is 0.409 e. The van der Waals surface area contributed by atoms with Crippen LogP contribution in [0.25, 0.3) is 0 Å². The third kappa shape index (κ3) is 8.37. The molecule has 1 N–H and O–H groups in total. The van der Waals surface area contributed by atoms with Crippen LogP contribution in [0.2, 0.25) is 0 Å². The van der Waals surface area contributed by atoms with E-state index in [1.807, 2.05) is 30.3 Å². The first-order chi connectivity index (χ1) is 20.2. The van der Waals surface area contributed by atoms with Gasteiger partial charge >= 0.3 is 6.09 Å². The number of fused-ring (bicyclic) bond motifs is 2. The van der Waals surface area contributed by atoms with Crippen LogP contribution in [-0.4, -0.2) is 70.1 Å². The van der Waals surface area contributed by atoms with E-state index in [1.165, 1.54) is 11.9 Å². The topological polar surface area (TPSA) is 96.0 Å². The SMILES string of the molecule is CN(CCS(=O)(=O)N1C2CCC1CC([C@@H](Cc1cc(F)c(F)cc1F)N[S@@](=O)C(C)(C)C)C2)C(=O)OCc1ccccc1. The molecule has 0 aliphatic carbocycles. The van der Waals surface area contributed by atoms with Gasteiger partial charge in [0.1, 0.15) is 12.4 Å². The van der Waals surface area contributed by atoms with Crippen molar-refractivity contribution in [2.45, 2.75) is 82.4 Å². The van der Waals surface area contributed by atoms with E-state index in [4.69, 9.17) is 4.74 Å². The van der Waals surface area contributed by atoms with Crippen molar-refractivity contribution >= 4 is 27.1 Å². The second-order valence-electron chi connectivity index (χ2n) is 12.4. The van der Waals surface area contributed by atoms with Crippen LogP contribution in [0.15, 0.2) is 42.5 Å². The van der Waals surface area contributed by atoms with Crippen molar-refractivity contribution in [2.24, 2.45) is 5.92 Å². The molecule has 238 valence electrons. The van der Waals surface area contributed by atoms with E-state index in [9.17, 15) is 30.6 Å². The van der Waals surface area contributed by atoms with Crippen molar-refractivity contribution in [1.82, 2.24) is 13.9 Å². The minimum Gasteiger partial charge on any atom is -0.445 e. The van der Waals surface area contributed by atoms with Crippen molar-refractivity contribution in [1.29, 1.82) is 0 Å². The van der Waals surface area contributed by atoms with Gasteiger partial charge in [0, 0.05) is 37.8 Å². The molecular weight excluding hydrogens is 603 g/mol. The molecule has 2 aromatic carbocycles. The van der Waals surface area contributed by atoms with E-state index in [0.717, 1.165) is 11.6 Å². The van der Waals surface area contributed by atoms with Gasteiger partial charge in [0.2, 0.25) is 10.0 Å². The summed E-state index contributed by atoms with van der Waals surface area (Å²) in [5.74, 6) is -3.78. The number of carbonyl (C=O) groups excluding carboxylic acids is 1. The molecule has 2 unspecified atom stereocenters. The Morgan fingerprint density at radius 2 is 1.67 bits per heavy atom. The van der Waals surface area contributed by atoms with Gasteiger partial charge in [-0.3, -0.25) is 0 Å². The standard InChI is InChI=1S/C30H40F3N3O5S2/c1-30(2,3)42(38)34-28(17-21-16-26(32)27(33)18-25(21)31)22-14-23-10-11-24(15-22)36(23)43(39,40)13-12-35(4)29(37)41-19-20-8-6-5-7-9-20/h5-9,16,18,22-24,28,34H,10-15,17,19H2,1-4H3/t22?,23?,24?,28-,42+/m1/s1. The zero-order valence-electron chi connectivity index (χ0n) is 24.9. The van der Waals surface area contributed by atoms with Gasteiger partial charge in [-0.1, -0.05) is 30.3 Å². The van der Waals surface area contributed by atoms with Crippen LogP contribution in [0.4, 0.5) is 18.0 Å². The quantitative estimate of drug-likeness (QED) is 0.352. The normalized spacial score (nSPS) is 22.3. The molecule has 2 aromatic rings. The number of sulfonamides is 1. The Labute approximate surface area is 254 Å². The highest BCUT2D eigenvalue weighted by Crippen LogP contribution is 2.42. The summed E-state index contributed by atoms with van der Waals surface area (Å²) >= 11 is 0. The summed E-state index contributed by atoms with van der Waals surface area (Å²) in [6.07, 6.45) is 1.51. The summed E-state index contributed by atoms with van der Waals surface area (Å²) in [5.41, 5.74) is 0.787. The monoisotopic (exact) mass is 643 g/mol. The summed E-state index contributed by atoms with van der Waals surface area (Å²) in [5, 5.41) is 0. The molecule has 4 atom stereocenters. The molecule has 8 nitrogen and oxygen atoms in total. The molecule has 0 spiro atoms. The van der Waals surface area contributed by atoms with Crippen LogP contribution in [-0.2, 0) is 38.8 Å². The Hall–Kier alpha value is -2.48. The van der Waals surface area contributed by atoms with Crippen molar-refractivity contribution < 1.29 is 35.3 Å². The number of hydrogen-bond donors (Lipinski definition) is 1. The van der Waals surface area contributed by atoms with Crippen LogP contribution in [0.3, 0.4) is 0 Å². The third-order valence-corrected chi connectivity index (χ3v) is 11.7. The molecular formula is C30H40F3N3O5S2. The molecule has 0 saturated carbocycles. The number of benzene rings is 2. The number of carbonyl (C=O) groups is 1. The fourth-order valence-corrected chi connectivity index (χ4v) is 8.72. The first kappa shape index (κ1) is 33.4. The van der Waals surface area contributed by atoms with Gasteiger partial charge < -0.3 is 9.64 Å². The van der Waals surface area contributed by atoms with Gasteiger partial charge in [-0.25, -0.2) is 35.3 Å². The zero-order chi connectivity index (χ0) is 31.5. The molecule has 2 aliphatic rings. The van der Waals surface area contributed by atoms with Crippen molar-refractivity contribution in [3.05, 3.63) is 71.0 Å². The predicted molar refractivity (Wildman–Crippen MR) is 159 cm³/mol. The summed E-state index contributed by atoms with van der Waals surface area (Å²) in [4.78, 5) is 13.7. The average molecular weight is 644 g/mol. The Balaban J connectivity index is 1.42.